The molecular weight excluding hydrogens is 742 g/mol. The van der Waals surface area contributed by atoms with E-state index in [2.05, 4.69) is 62.1 Å². The minimum Gasteiger partial charge on any atom is -0.356 e. The minimum absolute atomic E-state index is 0.000122. The van der Waals surface area contributed by atoms with Gasteiger partial charge in [0.25, 0.3) is 23.6 Å². The van der Waals surface area contributed by atoms with E-state index in [0.717, 1.165) is 39.1 Å². The summed E-state index contributed by atoms with van der Waals surface area (Å²) in [4.78, 5) is 97.3. The quantitative estimate of drug-likeness (QED) is 0.0596. The van der Waals surface area contributed by atoms with Gasteiger partial charge in [0.1, 0.15) is 0 Å². The molecule has 0 aliphatic carbocycles. The van der Waals surface area contributed by atoms with Gasteiger partial charge in [0.05, 0.1) is 6.54 Å². The highest BCUT2D eigenvalue weighted by Crippen LogP contribution is 2.15. The number of amides is 6. The van der Waals surface area contributed by atoms with E-state index in [0.29, 0.717) is 6.54 Å². The molecule has 23 nitrogen and oxygen atoms in total. The Morgan fingerprint density at radius 2 is 1.02 bits per heavy atom. The summed E-state index contributed by atoms with van der Waals surface area (Å²) in [5, 5.41) is 19.3. The van der Waals surface area contributed by atoms with Crippen LogP contribution in [0.15, 0.2) is 24.8 Å². The Balaban J connectivity index is 1.09. The van der Waals surface area contributed by atoms with Gasteiger partial charge in [-0.25, -0.2) is 19.9 Å². The maximum atomic E-state index is 13.2. The van der Waals surface area contributed by atoms with Crippen molar-refractivity contribution in [2.75, 3.05) is 87.7 Å². The number of likely N-dealkylation sites (N-methyl/N-ethyl adjacent to an activating group) is 1. The van der Waals surface area contributed by atoms with Crippen molar-refractivity contribution in [3.8, 4) is 0 Å². The molecule has 7 N–H and O–H groups in total. The zero-order valence-electron chi connectivity index (χ0n) is 32.8. The fourth-order valence-electron chi connectivity index (χ4n) is 5.86. The summed E-state index contributed by atoms with van der Waals surface area (Å²) in [6.07, 6.45) is 6.77. The molecule has 0 saturated carbocycles. The lowest BCUT2D eigenvalue weighted by Crippen LogP contribution is -2.44. The van der Waals surface area contributed by atoms with Crippen molar-refractivity contribution in [2.45, 2.75) is 12.8 Å². The van der Waals surface area contributed by atoms with Crippen LogP contribution in [0, 0.1) is 0 Å². The molecule has 306 valence electrons. The van der Waals surface area contributed by atoms with Crippen LogP contribution < -0.4 is 37.2 Å². The smallest absolute Gasteiger partial charge is 0.292 e. The van der Waals surface area contributed by atoms with Crippen molar-refractivity contribution in [1.82, 2.24) is 64.0 Å². The highest BCUT2D eigenvalue weighted by molar-refractivity contribution is 6.05. The fraction of sp³-hybridized carbons (Fsp3) is 0.471. The largest absolute Gasteiger partial charge is 0.356 e. The number of carbonyl (C=O) groups is 6. The summed E-state index contributed by atoms with van der Waals surface area (Å²) in [5.41, 5.74) is 0. The predicted molar refractivity (Wildman–Crippen MR) is 208 cm³/mol. The van der Waals surface area contributed by atoms with E-state index in [4.69, 9.17) is 0 Å². The number of aromatic nitrogens is 8. The highest BCUT2D eigenvalue weighted by atomic mass is 16.2. The van der Waals surface area contributed by atoms with Crippen molar-refractivity contribution in [1.29, 1.82) is 0 Å². The molecule has 1 saturated heterocycles. The van der Waals surface area contributed by atoms with Gasteiger partial charge in [-0.3, -0.25) is 28.8 Å². The van der Waals surface area contributed by atoms with Crippen molar-refractivity contribution in [3.63, 3.8) is 0 Å². The molecule has 0 spiro atoms. The fourth-order valence-corrected chi connectivity index (χ4v) is 5.86. The Morgan fingerprint density at radius 1 is 0.596 bits per heavy atom. The normalized spacial score (nSPS) is 13.0. The Labute approximate surface area is 328 Å². The van der Waals surface area contributed by atoms with Crippen molar-refractivity contribution in [2.24, 2.45) is 28.2 Å². The molecule has 57 heavy (non-hydrogen) atoms. The number of nitrogens with zero attached hydrogens (tertiary/aromatic N) is 10. The van der Waals surface area contributed by atoms with Crippen LogP contribution in [-0.4, -0.2) is 150 Å². The molecule has 1 aliphatic rings. The first-order chi connectivity index (χ1) is 27.2. The molecule has 6 amide bonds. The summed E-state index contributed by atoms with van der Waals surface area (Å²) in [6.45, 7) is 5.69. The molecule has 0 radical (unpaired) electrons. The molecule has 0 bridgehead atoms. The van der Waals surface area contributed by atoms with Gasteiger partial charge in [-0.15, -0.1) is 0 Å². The second-order valence-corrected chi connectivity index (χ2v) is 13.7. The topological polar surface area (TPSA) is 264 Å². The standard InChI is InChI=1S/C34H49N17O6/c1-46(2)20-26(53)38-21-16-48(4)28(39-21)32(55)44-23-18-50(6)30(41-23)34(57)45-24-19-49(5)29(42-24)33(56)43-22-17-47(3)27(40-22)31(54)37-10-8-25(52)36-9-7-13-51-14-11-35-12-15-51/h16-19,35H,7-15,20H2,1-6H3,(H,36,52)(H,37,54)(H,38,53)(H,43,56)(H,44,55)(H,45,57). The van der Waals surface area contributed by atoms with Gasteiger partial charge in [0.15, 0.2) is 23.3 Å². The van der Waals surface area contributed by atoms with Crippen LogP contribution in [-0.2, 0) is 37.8 Å². The average molecular weight is 792 g/mol. The number of imidazole rings is 4. The monoisotopic (exact) mass is 791 g/mol. The van der Waals surface area contributed by atoms with Gasteiger partial charge in [-0.2, -0.15) is 0 Å². The number of piperazine rings is 1. The van der Waals surface area contributed by atoms with Crippen LogP contribution in [0.1, 0.15) is 55.3 Å². The maximum Gasteiger partial charge on any atom is 0.292 e. The van der Waals surface area contributed by atoms with E-state index in [1.54, 1.807) is 47.2 Å². The van der Waals surface area contributed by atoms with Crippen molar-refractivity contribution >= 4 is 58.7 Å². The summed E-state index contributed by atoms with van der Waals surface area (Å²) in [6, 6.07) is 0. The molecule has 1 fully saturated rings. The lowest BCUT2D eigenvalue weighted by molar-refractivity contribution is -0.121. The first-order valence-corrected chi connectivity index (χ1v) is 18.2. The third-order valence-corrected chi connectivity index (χ3v) is 8.59. The van der Waals surface area contributed by atoms with Crippen LogP contribution in [0.4, 0.5) is 23.3 Å². The first-order valence-electron chi connectivity index (χ1n) is 18.2. The minimum atomic E-state index is -0.672. The van der Waals surface area contributed by atoms with Crippen LogP contribution in [0.3, 0.4) is 0 Å². The van der Waals surface area contributed by atoms with Crippen LogP contribution in [0.25, 0.3) is 0 Å². The second-order valence-electron chi connectivity index (χ2n) is 13.7. The zero-order chi connectivity index (χ0) is 41.2. The summed E-state index contributed by atoms with van der Waals surface area (Å²) >= 11 is 0. The number of anilines is 4. The number of hydrogen-bond acceptors (Lipinski definition) is 13. The maximum absolute atomic E-state index is 13.2. The van der Waals surface area contributed by atoms with Crippen LogP contribution >= 0.6 is 0 Å². The van der Waals surface area contributed by atoms with E-state index in [9.17, 15) is 28.8 Å². The van der Waals surface area contributed by atoms with Gasteiger partial charge in [0, 0.05) is 98.7 Å². The molecule has 1 aliphatic heterocycles. The molecule has 4 aromatic rings. The summed E-state index contributed by atoms with van der Waals surface area (Å²) < 4.78 is 5.67. The zero-order valence-corrected chi connectivity index (χ0v) is 32.8. The Hall–Kier alpha value is -6.46. The van der Waals surface area contributed by atoms with E-state index in [1.165, 1.54) is 43.1 Å². The Bertz CT molecular complexity index is 2100. The predicted octanol–water partition coefficient (Wildman–Crippen LogP) is -1.59. The molecule has 5 rings (SSSR count). The van der Waals surface area contributed by atoms with Crippen LogP contribution in [0.2, 0.25) is 0 Å². The molecule has 5 heterocycles. The van der Waals surface area contributed by atoms with Gasteiger partial charge in [-0.05, 0) is 27.1 Å². The van der Waals surface area contributed by atoms with Crippen LogP contribution in [0.5, 0.6) is 0 Å². The van der Waals surface area contributed by atoms with E-state index >= 15 is 0 Å². The van der Waals surface area contributed by atoms with Gasteiger partial charge >= 0.3 is 0 Å². The Kier molecular flexibility index (Phi) is 13.8. The molecule has 23 heteroatoms. The number of aryl methyl sites for hydroxylation is 4. The number of hydrogen-bond donors (Lipinski definition) is 7. The molecule has 0 unspecified atom stereocenters. The summed E-state index contributed by atoms with van der Waals surface area (Å²) in [5.74, 6) is -2.65. The lowest BCUT2D eigenvalue weighted by atomic mass is 10.3. The summed E-state index contributed by atoms with van der Waals surface area (Å²) in [7, 11) is 9.80. The van der Waals surface area contributed by atoms with Gasteiger partial charge < -0.3 is 65.3 Å². The lowest BCUT2D eigenvalue weighted by Gasteiger charge is -2.27. The molecule has 0 atom stereocenters. The third-order valence-electron chi connectivity index (χ3n) is 8.59. The highest BCUT2D eigenvalue weighted by Gasteiger charge is 2.23. The SMILES string of the molecule is CN(C)CC(=O)Nc1cn(C)c(C(=O)Nc2cn(C)c(C(=O)Nc3cn(C)c(C(=O)Nc4cn(C)c(C(=O)NCCC(=O)NCCCN5CCNCC5)n4)n3)n2)n1. The van der Waals surface area contributed by atoms with Gasteiger partial charge in [0.2, 0.25) is 35.1 Å². The van der Waals surface area contributed by atoms with E-state index < -0.39 is 23.6 Å². The van der Waals surface area contributed by atoms with E-state index in [1.807, 2.05) is 0 Å². The van der Waals surface area contributed by atoms with Crippen molar-refractivity contribution in [3.05, 3.63) is 48.1 Å². The first kappa shape index (κ1) is 41.7. The molecule has 0 aromatic carbocycles. The number of rotatable bonds is 17. The van der Waals surface area contributed by atoms with Crippen molar-refractivity contribution < 1.29 is 28.8 Å². The Morgan fingerprint density at radius 3 is 1.46 bits per heavy atom. The number of carbonyl (C=O) groups excluding carboxylic acids is 6. The van der Waals surface area contributed by atoms with Gasteiger partial charge in [-0.1, -0.05) is 0 Å². The van der Waals surface area contributed by atoms with E-state index in [-0.39, 0.29) is 77.9 Å². The second kappa shape index (κ2) is 18.9. The third kappa shape index (κ3) is 11.5. The molecule has 4 aromatic heterocycles. The number of nitrogens with one attached hydrogen (secondary N) is 7. The molecular formula is C34H49N17O6. The average Bonchev–Trinajstić information content (AvgIpc) is 3.91.